The van der Waals surface area contributed by atoms with E-state index in [9.17, 15) is 13.2 Å². The first-order chi connectivity index (χ1) is 9.45. The number of halogens is 3. The van der Waals surface area contributed by atoms with Crippen LogP contribution in [0, 0.1) is 0 Å². The zero-order chi connectivity index (χ0) is 14.3. The number of aromatic nitrogens is 4. The first-order valence-corrected chi connectivity index (χ1v) is 5.59. The van der Waals surface area contributed by atoms with Crippen LogP contribution in [-0.2, 0) is 6.18 Å². The molecule has 0 atom stereocenters. The van der Waals surface area contributed by atoms with Crippen LogP contribution in [0.25, 0.3) is 17.2 Å². The van der Waals surface area contributed by atoms with Crippen LogP contribution in [0.4, 0.5) is 18.9 Å². The summed E-state index contributed by atoms with van der Waals surface area (Å²) >= 11 is 0. The van der Waals surface area contributed by atoms with Crippen LogP contribution in [0.3, 0.4) is 0 Å². The number of rotatable bonds is 1. The van der Waals surface area contributed by atoms with Crippen LogP contribution in [0.1, 0.15) is 5.56 Å². The number of fused-ring (bicyclic) bond motifs is 1. The van der Waals surface area contributed by atoms with Crippen molar-refractivity contribution in [3.05, 3.63) is 42.2 Å². The zero-order valence-corrected chi connectivity index (χ0v) is 9.96. The number of nitrogens with zero attached hydrogens (tertiary/aromatic N) is 4. The molecule has 2 N–H and O–H groups in total. The molecule has 0 amide bonds. The molecule has 0 spiro atoms. The Morgan fingerprint density at radius 1 is 1.20 bits per heavy atom. The molecule has 0 radical (unpaired) electrons. The summed E-state index contributed by atoms with van der Waals surface area (Å²) in [7, 11) is 0. The highest BCUT2D eigenvalue weighted by Crippen LogP contribution is 2.31. The first kappa shape index (κ1) is 12.4. The lowest BCUT2D eigenvalue weighted by atomic mass is 10.2. The van der Waals surface area contributed by atoms with Crippen molar-refractivity contribution in [2.45, 2.75) is 6.18 Å². The molecule has 102 valence electrons. The molecular weight excluding hydrogens is 271 g/mol. The summed E-state index contributed by atoms with van der Waals surface area (Å²) in [4.78, 5) is 8.15. The van der Waals surface area contributed by atoms with Gasteiger partial charge in [-0.1, -0.05) is 6.07 Å². The summed E-state index contributed by atoms with van der Waals surface area (Å²) in [5.74, 6) is 0.219. The molecule has 0 aliphatic heterocycles. The smallest absolute Gasteiger partial charge is 0.396 e. The highest BCUT2D eigenvalue weighted by molar-refractivity contribution is 5.68. The standard InChI is InChI=1S/C12H8F3N5/c13-12(14,15)7-5-8(16)11-18-10(19-20(11)6-7)9-3-1-2-4-17-9/h1-6H,16H2. The van der Waals surface area contributed by atoms with Crippen LogP contribution < -0.4 is 5.73 Å². The Bertz CT molecular complexity index is 764. The van der Waals surface area contributed by atoms with Crippen LogP contribution in [0.15, 0.2) is 36.7 Å². The average molecular weight is 279 g/mol. The second-order valence-corrected chi connectivity index (χ2v) is 4.10. The Balaban J connectivity index is 2.19. The van der Waals surface area contributed by atoms with Gasteiger partial charge in [-0.05, 0) is 18.2 Å². The minimum Gasteiger partial charge on any atom is -0.396 e. The van der Waals surface area contributed by atoms with E-state index in [1.165, 1.54) is 0 Å². The van der Waals surface area contributed by atoms with Crippen molar-refractivity contribution in [3.8, 4) is 11.5 Å². The quantitative estimate of drug-likeness (QED) is 0.742. The summed E-state index contributed by atoms with van der Waals surface area (Å²) in [6, 6.07) is 5.95. The van der Waals surface area contributed by atoms with E-state index in [0.717, 1.165) is 16.8 Å². The third kappa shape index (κ3) is 2.04. The van der Waals surface area contributed by atoms with E-state index < -0.39 is 11.7 Å². The third-order valence-corrected chi connectivity index (χ3v) is 2.68. The fraction of sp³-hybridized carbons (Fsp3) is 0.0833. The van der Waals surface area contributed by atoms with E-state index in [1.807, 2.05) is 0 Å². The highest BCUT2D eigenvalue weighted by Gasteiger charge is 2.32. The van der Waals surface area contributed by atoms with Crippen molar-refractivity contribution >= 4 is 11.3 Å². The molecule has 3 heterocycles. The van der Waals surface area contributed by atoms with Gasteiger partial charge in [-0.25, -0.2) is 9.50 Å². The molecule has 0 aliphatic rings. The lowest BCUT2D eigenvalue weighted by molar-refractivity contribution is -0.137. The number of alkyl halides is 3. The molecule has 0 aliphatic carbocycles. The van der Waals surface area contributed by atoms with E-state index in [1.54, 1.807) is 24.4 Å². The van der Waals surface area contributed by atoms with Gasteiger partial charge in [0.2, 0.25) is 5.82 Å². The Morgan fingerprint density at radius 3 is 2.65 bits per heavy atom. The lowest BCUT2D eigenvalue weighted by Crippen LogP contribution is -2.08. The van der Waals surface area contributed by atoms with Gasteiger partial charge in [0, 0.05) is 12.4 Å². The number of nitrogen functional groups attached to an aromatic ring is 1. The monoisotopic (exact) mass is 279 g/mol. The van der Waals surface area contributed by atoms with E-state index in [2.05, 4.69) is 15.1 Å². The molecule has 3 aromatic heterocycles. The molecule has 0 saturated heterocycles. The van der Waals surface area contributed by atoms with Crippen molar-refractivity contribution in [1.29, 1.82) is 0 Å². The predicted molar refractivity (Wildman–Crippen MR) is 65.6 cm³/mol. The predicted octanol–water partition coefficient (Wildman–Crippen LogP) is 2.39. The number of hydrogen-bond acceptors (Lipinski definition) is 4. The van der Waals surface area contributed by atoms with Gasteiger partial charge in [0.1, 0.15) is 5.69 Å². The van der Waals surface area contributed by atoms with Gasteiger partial charge in [-0.2, -0.15) is 13.2 Å². The van der Waals surface area contributed by atoms with Crippen LogP contribution in [0.5, 0.6) is 0 Å². The summed E-state index contributed by atoms with van der Waals surface area (Å²) < 4.78 is 39.1. The fourth-order valence-corrected chi connectivity index (χ4v) is 1.77. The van der Waals surface area contributed by atoms with Gasteiger partial charge in [0.15, 0.2) is 5.65 Å². The maximum absolute atomic E-state index is 12.7. The van der Waals surface area contributed by atoms with Crippen molar-refractivity contribution in [1.82, 2.24) is 19.6 Å². The van der Waals surface area contributed by atoms with E-state index in [4.69, 9.17) is 5.73 Å². The van der Waals surface area contributed by atoms with E-state index >= 15 is 0 Å². The third-order valence-electron chi connectivity index (χ3n) is 2.68. The van der Waals surface area contributed by atoms with Gasteiger partial charge in [0.05, 0.1) is 11.3 Å². The Hall–Kier alpha value is -2.64. The van der Waals surface area contributed by atoms with Crippen LogP contribution in [0.2, 0.25) is 0 Å². The number of hydrogen-bond donors (Lipinski definition) is 1. The van der Waals surface area contributed by atoms with Crippen molar-refractivity contribution < 1.29 is 13.2 Å². The number of nitrogens with two attached hydrogens (primary N) is 1. The molecule has 5 nitrogen and oxygen atoms in total. The maximum Gasteiger partial charge on any atom is 0.417 e. The van der Waals surface area contributed by atoms with Gasteiger partial charge >= 0.3 is 6.18 Å². The molecule has 0 aromatic carbocycles. The molecule has 0 fully saturated rings. The second kappa shape index (κ2) is 4.19. The maximum atomic E-state index is 12.7. The molecule has 8 heteroatoms. The van der Waals surface area contributed by atoms with Gasteiger partial charge in [-0.3, -0.25) is 4.98 Å². The highest BCUT2D eigenvalue weighted by atomic mass is 19.4. The second-order valence-electron chi connectivity index (χ2n) is 4.10. The SMILES string of the molecule is Nc1cc(C(F)(F)F)cn2nc(-c3ccccn3)nc12. The van der Waals surface area contributed by atoms with Crippen molar-refractivity contribution in [2.24, 2.45) is 0 Å². The molecule has 3 rings (SSSR count). The van der Waals surface area contributed by atoms with Gasteiger partial charge in [-0.15, -0.1) is 5.10 Å². The first-order valence-electron chi connectivity index (χ1n) is 5.59. The molecule has 3 aromatic rings. The Labute approximate surface area is 110 Å². The largest absolute Gasteiger partial charge is 0.417 e. The van der Waals surface area contributed by atoms with E-state index in [0.29, 0.717) is 5.69 Å². The molecule has 0 bridgehead atoms. The molecular formula is C12H8F3N5. The molecule has 20 heavy (non-hydrogen) atoms. The van der Waals surface area contributed by atoms with E-state index in [-0.39, 0.29) is 17.2 Å². The lowest BCUT2D eigenvalue weighted by Gasteiger charge is -2.07. The number of anilines is 1. The molecule has 0 unspecified atom stereocenters. The average Bonchev–Trinajstić information content (AvgIpc) is 2.83. The zero-order valence-electron chi connectivity index (χ0n) is 9.96. The van der Waals surface area contributed by atoms with Crippen molar-refractivity contribution in [2.75, 3.05) is 5.73 Å². The summed E-state index contributed by atoms with van der Waals surface area (Å²) in [6.45, 7) is 0. The van der Waals surface area contributed by atoms with Crippen LogP contribution in [-0.4, -0.2) is 19.6 Å². The van der Waals surface area contributed by atoms with Gasteiger partial charge in [0.25, 0.3) is 0 Å². The topological polar surface area (TPSA) is 69.1 Å². The normalized spacial score (nSPS) is 11.9. The summed E-state index contributed by atoms with van der Waals surface area (Å²) in [5.41, 5.74) is 5.27. The Morgan fingerprint density at radius 2 is 2.00 bits per heavy atom. The van der Waals surface area contributed by atoms with Crippen molar-refractivity contribution in [3.63, 3.8) is 0 Å². The van der Waals surface area contributed by atoms with Crippen LogP contribution >= 0.6 is 0 Å². The number of pyridine rings is 2. The minimum absolute atomic E-state index is 0.0884. The Kier molecular flexibility index (Phi) is 2.60. The van der Waals surface area contributed by atoms with Gasteiger partial charge < -0.3 is 5.73 Å². The molecule has 0 saturated carbocycles. The summed E-state index contributed by atoms with van der Waals surface area (Å²) in [5, 5.41) is 3.98. The summed E-state index contributed by atoms with van der Waals surface area (Å²) in [6.07, 6.45) is -2.09. The fourth-order valence-electron chi connectivity index (χ4n) is 1.77. The minimum atomic E-state index is -4.49.